The Morgan fingerprint density at radius 3 is 2.50 bits per heavy atom. The minimum Gasteiger partial charge on any atom is -0.480 e. The summed E-state index contributed by atoms with van der Waals surface area (Å²) in [5, 5.41) is 14.5. The molecule has 1 rings (SSSR count). The molecule has 0 aliphatic heterocycles. The normalized spacial score (nSPS) is 14.1. The van der Waals surface area contributed by atoms with Gasteiger partial charge in [-0.15, -0.1) is 0 Å². The fraction of sp³-hybridized carbons (Fsp3) is 0.647. The minimum absolute atomic E-state index is 0.0533. The number of aliphatic carboxylic acids is 1. The Morgan fingerprint density at radius 1 is 1.21 bits per heavy atom. The van der Waals surface area contributed by atoms with Crippen LogP contribution in [0.4, 0.5) is 0 Å². The maximum atomic E-state index is 12.7. The molecule has 0 saturated heterocycles. The van der Waals surface area contributed by atoms with Crippen molar-refractivity contribution in [3.8, 4) is 0 Å². The molecule has 0 aromatic carbocycles. The lowest BCUT2D eigenvalue weighted by molar-refractivity contribution is -0.142. The number of hydrogen-bond acceptors (Lipinski definition) is 7. The summed E-state index contributed by atoms with van der Waals surface area (Å²) in [6.07, 6.45) is 7.04. The van der Waals surface area contributed by atoms with Gasteiger partial charge < -0.3 is 32.2 Å². The molecule has 158 valence electrons. The van der Waals surface area contributed by atoms with E-state index >= 15 is 0 Å². The standard InChI is InChI=1S/C17H30N6O4S/c1-28-7-5-12(19)15(24)22-13(4-2-3-6-18)16(25)23-14(17(26)27)8-11-9-20-10-21-11/h9-10,12-14H,2-8,18-19H2,1H3,(H,20,21)(H,22,24)(H,23,25)(H,26,27). The zero-order chi connectivity index (χ0) is 20.9. The summed E-state index contributed by atoms with van der Waals surface area (Å²) < 4.78 is 0. The number of aromatic nitrogens is 2. The molecule has 3 unspecified atom stereocenters. The van der Waals surface area contributed by atoms with Crippen molar-refractivity contribution >= 4 is 29.5 Å². The Bertz CT molecular complexity index is 613. The predicted octanol–water partition coefficient (Wildman–Crippen LogP) is -0.784. The number of amides is 2. The molecule has 1 aromatic heterocycles. The number of carboxylic acid groups (broad SMARTS) is 1. The first-order chi connectivity index (χ1) is 13.4. The number of nitrogens with one attached hydrogen (secondary N) is 3. The SMILES string of the molecule is CSCCC(N)C(=O)NC(CCCCN)C(=O)NC(Cc1cnc[nH]1)C(=O)O. The average Bonchev–Trinajstić information content (AvgIpc) is 3.17. The summed E-state index contributed by atoms with van der Waals surface area (Å²) in [5.41, 5.74) is 11.9. The largest absolute Gasteiger partial charge is 0.480 e. The maximum Gasteiger partial charge on any atom is 0.326 e. The molecule has 3 atom stereocenters. The third-order valence-corrected chi connectivity index (χ3v) is 4.79. The zero-order valence-corrected chi connectivity index (χ0v) is 16.8. The topological polar surface area (TPSA) is 176 Å². The van der Waals surface area contributed by atoms with Crippen LogP contribution in [-0.4, -0.2) is 69.5 Å². The molecule has 1 heterocycles. The van der Waals surface area contributed by atoms with Crippen molar-refractivity contribution in [2.45, 2.75) is 50.2 Å². The Hall–Kier alpha value is -2.11. The molecule has 0 bridgehead atoms. The van der Waals surface area contributed by atoms with E-state index in [4.69, 9.17) is 11.5 Å². The van der Waals surface area contributed by atoms with Crippen molar-refractivity contribution in [2.24, 2.45) is 11.5 Å². The molecule has 0 fully saturated rings. The number of thioether (sulfide) groups is 1. The zero-order valence-electron chi connectivity index (χ0n) is 16.0. The van der Waals surface area contributed by atoms with E-state index in [9.17, 15) is 19.5 Å². The molecule has 1 aromatic rings. The lowest BCUT2D eigenvalue weighted by Crippen LogP contribution is -2.54. The lowest BCUT2D eigenvalue weighted by atomic mass is 10.1. The molecule has 0 aliphatic carbocycles. The van der Waals surface area contributed by atoms with Gasteiger partial charge in [0.1, 0.15) is 12.1 Å². The van der Waals surface area contributed by atoms with Gasteiger partial charge >= 0.3 is 5.97 Å². The highest BCUT2D eigenvalue weighted by atomic mass is 32.2. The first kappa shape index (κ1) is 23.9. The van der Waals surface area contributed by atoms with E-state index in [1.807, 2.05) is 6.26 Å². The van der Waals surface area contributed by atoms with E-state index in [1.54, 1.807) is 11.8 Å². The monoisotopic (exact) mass is 414 g/mol. The van der Waals surface area contributed by atoms with E-state index in [0.29, 0.717) is 37.9 Å². The summed E-state index contributed by atoms with van der Waals surface area (Å²) in [7, 11) is 0. The van der Waals surface area contributed by atoms with Gasteiger partial charge in [-0.2, -0.15) is 11.8 Å². The van der Waals surface area contributed by atoms with E-state index in [2.05, 4.69) is 20.6 Å². The van der Waals surface area contributed by atoms with Crippen LogP contribution in [0.1, 0.15) is 31.4 Å². The van der Waals surface area contributed by atoms with Crippen LogP contribution in [0.25, 0.3) is 0 Å². The molecule has 28 heavy (non-hydrogen) atoms. The predicted molar refractivity (Wildman–Crippen MR) is 108 cm³/mol. The molecular weight excluding hydrogens is 384 g/mol. The van der Waals surface area contributed by atoms with Crippen molar-refractivity contribution in [3.05, 3.63) is 18.2 Å². The number of aromatic amines is 1. The number of imidazole rings is 1. The van der Waals surface area contributed by atoms with Gasteiger partial charge in [-0.25, -0.2) is 9.78 Å². The number of H-pyrrole nitrogens is 1. The van der Waals surface area contributed by atoms with Crippen molar-refractivity contribution in [3.63, 3.8) is 0 Å². The van der Waals surface area contributed by atoms with Crippen LogP contribution >= 0.6 is 11.8 Å². The van der Waals surface area contributed by atoms with Crippen LogP contribution in [-0.2, 0) is 20.8 Å². The van der Waals surface area contributed by atoms with Gasteiger partial charge in [-0.05, 0) is 44.2 Å². The number of hydrogen-bond donors (Lipinski definition) is 6. The van der Waals surface area contributed by atoms with Gasteiger partial charge in [0.2, 0.25) is 11.8 Å². The number of nitrogens with zero attached hydrogens (tertiary/aromatic N) is 1. The average molecular weight is 415 g/mol. The summed E-state index contributed by atoms with van der Waals surface area (Å²) >= 11 is 1.58. The van der Waals surface area contributed by atoms with Crippen molar-refractivity contribution < 1.29 is 19.5 Å². The molecule has 11 heteroatoms. The highest BCUT2D eigenvalue weighted by Crippen LogP contribution is 2.06. The Balaban J connectivity index is 2.75. The summed E-state index contributed by atoms with van der Waals surface area (Å²) in [4.78, 5) is 43.1. The highest BCUT2D eigenvalue weighted by Gasteiger charge is 2.28. The van der Waals surface area contributed by atoms with Gasteiger partial charge in [0.25, 0.3) is 0 Å². The van der Waals surface area contributed by atoms with E-state index in [-0.39, 0.29) is 6.42 Å². The molecule has 0 saturated carbocycles. The van der Waals surface area contributed by atoms with Crippen LogP contribution in [0.15, 0.2) is 12.5 Å². The Morgan fingerprint density at radius 2 is 1.93 bits per heavy atom. The lowest BCUT2D eigenvalue weighted by Gasteiger charge is -2.22. The summed E-state index contributed by atoms with van der Waals surface area (Å²) in [6, 6.07) is -2.74. The molecular formula is C17H30N6O4S. The number of carbonyl (C=O) groups excluding carboxylic acids is 2. The third-order valence-electron chi connectivity index (χ3n) is 4.14. The number of unbranched alkanes of at least 4 members (excludes halogenated alkanes) is 1. The number of carboxylic acids is 1. The van der Waals surface area contributed by atoms with Crippen molar-refractivity contribution in [2.75, 3.05) is 18.6 Å². The molecule has 10 nitrogen and oxygen atoms in total. The highest BCUT2D eigenvalue weighted by molar-refractivity contribution is 7.98. The van der Waals surface area contributed by atoms with E-state index in [1.165, 1.54) is 12.5 Å². The van der Waals surface area contributed by atoms with Crippen LogP contribution in [0, 0.1) is 0 Å². The second-order valence-electron chi connectivity index (χ2n) is 6.41. The smallest absolute Gasteiger partial charge is 0.326 e. The van der Waals surface area contributed by atoms with Crippen LogP contribution in [0.3, 0.4) is 0 Å². The molecule has 0 radical (unpaired) electrons. The Kier molecular flexibility index (Phi) is 11.2. The van der Waals surface area contributed by atoms with E-state index in [0.717, 1.165) is 5.75 Å². The first-order valence-corrected chi connectivity index (χ1v) is 10.5. The number of nitrogens with two attached hydrogens (primary N) is 2. The van der Waals surface area contributed by atoms with Gasteiger partial charge in [0, 0.05) is 18.3 Å². The second-order valence-corrected chi connectivity index (χ2v) is 7.40. The third kappa shape index (κ3) is 8.72. The summed E-state index contributed by atoms with van der Waals surface area (Å²) in [5.74, 6) is -1.44. The van der Waals surface area contributed by atoms with Crippen LogP contribution < -0.4 is 22.1 Å². The molecule has 0 aliphatic rings. The second kappa shape index (κ2) is 13.1. The molecule has 0 spiro atoms. The fourth-order valence-corrected chi connectivity index (χ4v) is 2.99. The summed E-state index contributed by atoms with van der Waals surface area (Å²) in [6.45, 7) is 0.465. The van der Waals surface area contributed by atoms with Crippen LogP contribution in [0.5, 0.6) is 0 Å². The Labute approximate surface area is 168 Å². The van der Waals surface area contributed by atoms with Gasteiger partial charge in [-0.3, -0.25) is 9.59 Å². The first-order valence-electron chi connectivity index (χ1n) is 9.14. The fourth-order valence-electron chi connectivity index (χ4n) is 2.50. The molecule has 8 N–H and O–H groups in total. The minimum atomic E-state index is -1.17. The number of carbonyl (C=O) groups is 3. The number of rotatable bonds is 14. The van der Waals surface area contributed by atoms with Gasteiger partial charge in [0.15, 0.2) is 0 Å². The van der Waals surface area contributed by atoms with Crippen molar-refractivity contribution in [1.82, 2.24) is 20.6 Å². The quantitative estimate of drug-likeness (QED) is 0.215. The van der Waals surface area contributed by atoms with Crippen LogP contribution in [0.2, 0.25) is 0 Å². The maximum absolute atomic E-state index is 12.7. The van der Waals surface area contributed by atoms with Gasteiger partial charge in [0.05, 0.1) is 12.4 Å². The van der Waals surface area contributed by atoms with Gasteiger partial charge in [-0.1, -0.05) is 0 Å². The van der Waals surface area contributed by atoms with Crippen molar-refractivity contribution in [1.29, 1.82) is 0 Å². The van der Waals surface area contributed by atoms with E-state index < -0.39 is 35.9 Å². The molecule has 2 amide bonds.